The zero-order valence-electron chi connectivity index (χ0n) is 6.31. The third kappa shape index (κ3) is 12.1. The van der Waals surface area contributed by atoms with Crippen LogP contribution in [0.5, 0.6) is 0 Å². The fourth-order valence-electron chi connectivity index (χ4n) is 0.365. The Labute approximate surface area is 69.3 Å². The molecule has 0 aromatic rings. The first-order valence-corrected chi connectivity index (χ1v) is 7.63. The van der Waals surface area contributed by atoms with Gasteiger partial charge in [0.05, 0.1) is 0 Å². The van der Waals surface area contributed by atoms with E-state index in [9.17, 15) is 0 Å². The zero-order valence-corrected chi connectivity index (χ0v) is 8.94. The van der Waals surface area contributed by atoms with Gasteiger partial charge in [-0.2, -0.15) is 0 Å². The van der Waals surface area contributed by atoms with Gasteiger partial charge >= 0.3 is 0 Å². The van der Waals surface area contributed by atoms with Crippen molar-refractivity contribution in [3.63, 3.8) is 0 Å². The predicted molar refractivity (Wildman–Crippen MR) is 52.0 cm³/mol. The van der Waals surface area contributed by atoms with Gasteiger partial charge in [0.1, 0.15) is 0 Å². The van der Waals surface area contributed by atoms with Crippen molar-refractivity contribution >= 4 is 32.4 Å². The highest BCUT2D eigenvalue weighted by Crippen LogP contribution is 2.09. The van der Waals surface area contributed by atoms with Crippen molar-refractivity contribution in [3.8, 4) is 0 Å². The minimum Gasteiger partial charge on any atom is -0.278 e. The molecule has 0 aliphatic carbocycles. The number of hydrogen-bond acceptors (Lipinski definition) is 2. The van der Waals surface area contributed by atoms with Crippen molar-refractivity contribution < 1.29 is 0 Å². The van der Waals surface area contributed by atoms with Crippen molar-refractivity contribution in [1.82, 2.24) is 0 Å². The maximum absolute atomic E-state index is 5.27. The van der Waals surface area contributed by atoms with Crippen molar-refractivity contribution in [1.29, 1.82) is 0 Å². The van der Waals surface area contributed by atoms with E-state index in [0.29, 0.717) is 0 Å². The summed E-state index contributed by atoms with van der Waals surface area (Å²) < 4.78 is 0. The first-order valence-electron chi connectivity index (χ1n) is 2.88. The Balaban J connectivity index is 0. The van der Waals surface area contributed by atoms with Crippen molar-refractivity contribution in [2.24, 2.45) is 5.14 Å². The van der Waals surface area contributed by atoms with Gasteiger partial charge in [-0.3, -0.25) is 5.14 Å². The smallest absolute Gasteiger partial charge is 0.0451 e. The molecular formula is C5H16ClNSSi. The summed E-state index contributed by atoms with van der Waals surface area (Å²) in [7, 11) is -0.779. The number of nitrogens with two attached hydrogens (primary N) is 1. The fourth-order valence-corrected chi connectivity index (χ4v) is 3.29. The first-order chi connectivity index (χ1) is 3.56. The van der Waals surface area contributed by atoms with E-state index in [-0.39, 0.29) is 12.4 Å². The molecule has 2 N–H and O–H groups in total. The van der Waals surface area contributed by atoms with Gasteiger partial charge in [0.25, 0.3) is 0 Å². The second-order valence-corrected chi connectivity index (χ2v) is 9.54. The van der Waals surface area contributed by atoms with E-state index in [2.05, 4.69) is 19.6 Å². The van der Waals surface area contributed by atoms with Crippen LogP contribution in [0.1, 0.15) is 0 Å². The van der Waals surface area contributed by atoms with Crippen molar-refractivity contribution in [3.05, 3.63) is 0 Å². The van der Waals surface area contributed by atoms with Crippen LogP contribution < -0.4 is 5.14 Å². The SMILES string of the molecule is C[Si](C)(C)CCSN.Cl. The molecule has 0 fully saturated rings. The van der Waals surface area contributed by atoms with E-state index in [1.165, 1.54) is 18.0 Å². The maximum Gasteiger partial charge on any atom is 0.0451 e. The molecule has 9 heavy (non-hydrogen) atoms. The first kappa shape index (κ1) is 12.5. The summed E-state index contributed by atoms with van der Waals surface area (Å²) in [5.41, 5.74) is 0. The van der Waals surface area contributed by atoms with Crippen LogP contribution in [-0.4, -0.2) is 13.8 Å². The van der Waals surface area contributed by atoms with Crippen molar-refractivity contribution in [2.45, 2.75) is 25.7 Å². The Morgan fingerprint density at radius 1 is 1.33 bits per heavy atom. The molecule has 0 aliphatic heterocycles. The summed E-state index contributed by atoms with van der Waals surface area (Å²) in [6.45, 7) is 7.09. The third-order valence-electron chi connectivity index (χ3n) is 0.970. The summed E-state index contributed by atoms with van der Waals surface area (Å²) in [5.74, 6) is 1.13. The largest absolute Gasteiger partial charge is 0.278 e. The van der Waals surface area contributed by atoms with E-state index in [1.54, 1.807) is 0 Å². The van der Waals surface area contributed by atoms with Gasteiger partial charge in [-0.15, -0.1) is 12.4 Å². The second-order valence-electron chi connectivity index (χ2n) is 3.18. The molecule has 0 aliphatic rings. The lowest BCUT2D eigenvalue weighted by Crippen LogP contribution is -2.20. The van der Waals surface area contributed by atoms with Crippen molar-refractivity contribution in [2.75, 3.05) is 5.75 Å². The molecule has 1 nitrogen and oxygen atoms in total. The Morgan fingerprint density at radius 2 is 1.78 bits per heavy atom. The van der Waals surface area contributed by atoms with Crippen LogP contribution >= 0.6 is 24.4 Å². The number of rotatable bonds is 3. The standard InChI is InChI=1S/C5H15NSSi.ClH/c1-8(2,3)5-4-7-6;/h4-6H2,1-3H3;1H. The van der Waals surface area contributed by atoms with Gasteiger partial charge in [-0.1, -0.05) is 31.6 Å². The van der Waals surface area contributed by atoms with Gasteiger partial charge < -0.3 is 0 Å². The van der Waals surface area contributed by atoms with Gasteiger partial charge in [-0.05, 0) is 6.04 Å². The number of hydrogen-bond donors (Lipinski definition) is 1. The second kappa shape index (κ2) is 5.59. The highest BCUT2D eigenvalue weighted by Gasteiger charge is 2.10. The molecule has 0 aromatic carbocycles. The normalized spacial score (nSPS) is 10.7. The summed E-state index contributed by atoms with van der Waals surface area (Å²) in [6.07, 6.45) is 0. The van der Waals surface area contributed by atoms with Crippen LogP contribution in [-0.2, 0) is 0 Å². The van der Waals surface area contributed by atoms with Crippen LogP contribution in [0, 0.1) is 0 Å². The van der Waals surface area contributed by atoms with E-state index >= 15 is 0 Å². The molecule has 0 heterocycles. The lowest BCUT2D eigenvalue weighted by atomic mass is 11.0. The predicted octanol–water partition coefficient (Wildman–Crippen LogP) is 2.35. The third-order valence-corrected chi connectivity index (χ3v) is 3.52. The van der Waals surface area contributed by atoms with Gasteiger partial charge in [0, 0.05) is 13.8 Å². The molecule has 58 valence electrons. The molecule has 0 amide bonds. The van der Waals surface area contributed by atoms with Gasteiger partial charge in [0.2, 0.25) is 0 Å². The minimum absolute atomic E-state index is 0. The quantitative estimate of drug-likeness (QED) is 0.540. The summed E-state index contributed by atoms with van der Waals surface area (Å²) in [4.78, 5) is 0. The summed E-state index contributed by atoms with van der Waals surface area (Å²) >= 11 is 1.46. The Hall–Kier alpha value is 0.817. The molecular weight excluding hydrogens is 170 g/mol. The molecule has 4 heteroatoms. The Morgan fingerprint density at radius 3 is 1.89 bits per heavy atom. The van der Waals surface area contributed by atoms with Crippen LogP contribution in [0.4, 0.5) is 0 Å². The molecule has 0 bridgehead atoms. The average molecular weight is 186 g/mol. The van der Waals surface area contributed by atoms with Gasteiger partial charge in [0.15, 0.2) is 0 Å². The van der Waals surface area contributed by atoms with E-state index in [4.69, 9.17) is 5.14 Å². The maximum atomic E-state index is 5.27. The zero-order chi connectivity index (χ0) is 6.62. The highest BCUT2D eigenvalue weighted by molar-refractivity contribution is 7.97. The van der Waals surface area contributed by atoms with E-state index < -0.39 is 8.07 Å². The van der Waals surface area contributed by atoms with Gasteiger partial charge in [-0.25, -0.2) is 0 Å². The lowest BCUT2D eigenvalue weighted by Gasteiger charge is -2.13. The van der Waals surface area contributed by atoms with E-state index in [1.807, 2.05) is 0 Å². The van der Waals surface area contributed by atoms with Crippen LogP contribution in [0.25, 0.3) is 0 Å². The highest BCUT2D eigenvalue weighted by atomic mass is 35.5. The molecule has 0 spiro atoms. The summed E-state index contributed by atoms with van der Waals surface area (Å²) in [6, 6.07) is 1.34. The Bertz CT molecular complexity index is 64.5. The minimum atomic E-state index is -0.779. The molecule has 0 unspecified atom stereocenters. The van der Waals surface area contributed by atoms with Crippen LogP contribution in [0.15, 0.2) is 0 Å². The lowest BCUT2D eigenvalue weighted by molar-refractivity contribution is 1.37. The molecule has 0 rings (SSSR count). The fraction of sp³-hybridized carbons (Fsp3) is 1.00. The average Bonchev–Trinajstić information content (AvgIpc) is 1.59. The topological polar surface area (TPSA) is 26.0 Å². The monoisotopic (exact) mass is 185 g/mol. The van der Waals surface area contributed by atoms with E-state index in [0.717, 1.165) is 5.75 Å². The molecule has 0 saturated heterocycles. The molecule has 0 aromatic heterocycles. The number of halogens is 1. The molecule has 0 atom stereocenters. The molecule has 0 saturated carbocycles. The van der Waals surface area contributed by atoms with Crippen LogP contribution in [0.2, 0.25) is 25.7 Å². The Kier molecular flexibility index (Phi) is 7.76. The molecule has 0 radical (unpaired) electrons. The summed E-state index contributed by atoms with van der Waals surface area (Å²) in [5, 5.41) is 5.27. The van der Waals surface area contributed by atoms with Crippen LogP contribution in [0.3, 0.4) is 0 Å².